The van der Waals surface area contributed by atoms with Crippen molar-refractivity contribution in [2.24, 2.45) is 11.7 Å². The number of aliphatic carboxylic acids is 1. The first-order valence-corrected chi connectivity index (χ1v) is 10.6. The number of benzene rings is 1. The van der Waals surface area contributed by atoms with Crippen molar-refractivity contribution < 1.29 is 19.9 Å². The molecule has 1 aromatic carbocycles. The summed E-state index contributed by atoms with van der Waals surface area (Å²) < 4.78 is 0. The van der Waals surface area contributed by atoms with Gasteiger partial charge in [0.1, 0.15) is 5.54 Å². The number of likely N-dealkylation sites (tertiary alicyclic amines) is 1. The molecule has 1 fully saturated rings. The van der Waals surface area contributed by atoms with Crippen LogP contribution in [0.1, 0.15) is 62.1 Å². The molecule has 154 valence electrons. The normalized spacial score (nSPS) is 23.0. The highest BCUT2D eigenvalue weighted by atomic mass is 16.4. The van der Waals surface area contributed by atoms with Crippen LogP contribution in [-0.2, 0) is 11.2 Å². The van der Waals surface area contributed by atoms with E-state index in [9.17, 15) is 9.90 Å². The highest BCUT2D eigenvalue weighted by molar-refractivity contribution is 6.40. The van der Waals surface area contributed by atoms with Gasteiger partial charge in [0.05, 0.1) is 0 Å². The van der Waals surface area contributed by atoms with E-state index >= 15 is 0 Å². The summed E-state index contributed by atoms with van der Waals surface area (Å²) in [6, 6.07) is 9.13. The summed E-state index contributed by atoms with van der Waals surface area (Å²) >= 11 is 0. The second-order valence-electron chi connectivity index (χ2n) is 8.49. The number of aryl methyl sites for hydroxylation is 1. The second-order valence-corrected chi connectivity index (χ2v) is 8.49. The Morgan fingerprint density at radius 3 is 2.57 bits per heavy atom. The van der Waals surface area contributed by atoms with Gasteiger partial charge in [0.2, 0.25) is 0 Å². The molecule has 1 aromatic rings. The summed E-state index contributed by atoms with van der Waals surface area (Å²) in [5.74, 6) is -0.974. The first-order valence-electron chi connectivity index (χ1n) is 10.6. The lowest BCUT2D eigenvalue weighted by Crippen LogP contribution is -2.57. The lowest BCUT2D eigenvalue weighted by molar-refractivity contribution is -0.147. The number of unbranched alkanes of at least 4 members (excludes halogenated alkanes) is 1. The number of piperidine rings is 1. The van der Waals surface area contributed by atoms with Crippen molar-refractivity contribution in [2.75, 3.05) is 13.1 Å². The molecule has 1 aliphatic heterocycles. The summed E-state index contributed by atoms with van der Waals surface area (Å²) in [4.78, 5) is 14.5. The third kappa shape index (κ3) is 4.77. The Morgan fingerprint density at radius 2 is 1.89 bits per heavy atom. The van der Waals surface area contributed by atoms with Crippen LogP contribution in [0.4, 0.5) is 0 Å². The number of fused-ring (bicyclic) bond motifs is 1. The van der Waals surface area contributed by atoms with Gasteiger partial charge in [-0.2, -0.15) is 0 Å². The standard InChI is InChI=1S/C21H33BN2O4/c23-21(20(25)26,12-3-4-13-22(27)28)17-10-14-24(15-11-17)19-9-5-7-16-6-1-2-8-18(16)19/h1-2,6,8,17,19,27-28H,3-5,7,9-15,23H2,(H,25,26)/t19-,21-/m1/s1. The lowest BCUT2D eigenvalue weighted by atomic mass is 9.73. The summed E-state index contributed by atoms with van der Waals surface area (Å²) in [6.07, 6.45) is 6.91. The molecule has 5 N–H and O–H groups in total. The Kier molecular flexibility index (Phi) is 7.15. The predicted molar refractivity (Wildman–Crippen MR) is 110 cm³/mol. The van der Waals surface area contributed by atoms with E-state index in [0.29, 0.717) is 25.3 Å². The molecule has 0 saturated carbocycles. The molecule has 0 aromatic heterocycles. The van der Waals surface area contributed by atoms with E-state index in [-0.39, 0.29) is 12.2 Å². The van der Waals surface area contributed by atoms with E-state index in [1.807, 2.05) is 0 Å². The molecule has 1 aliphatic carbocycles. The molecule has 0 radical (unpaired) electrons. The maximum Gasteiger partial charge on any atom is 0.451 e. The fourth-order valence-corrected chi connectivity index (χ4v) is 5.06. The average molecular weight is 388 g/mol. The zero-order valence-corrected chi connectivity index (χ0v) is 16.6. The van der Waals surface area contributed by atoms with Crippen LogP contribution in [0.25, 0.3) is 0 Å². The van der Waals surface area contributed by atoms with E-state index in [2.05, 4.69) is 29.2 Å². The summed E-state index contributed by atoms with van der Waals surface area (Å²) in [5, 5.41) is 27.7. The predicted octanol–water partition coefficient (Wildman–Crippen LogP) is 2.20. The first-order chi connectivity index (χ1) is 13.4. The number of rotatable bonds is 8. The van der Waals surface area contributed by atoms with Crippen molar-refractivity contribution in [1.82, 2.24) is 4.90 Å². The van der Waals surface area contributed by atoms with E-state index in [0.717, 1.165) is 38.8 Å². The van der Waals surface area contributed by atoms with Crippen molar-refractivity contribution >= 4 is 13.1 Å². The van der Waals surface area contributed by atoms with E-state index < -0.39 is 18.6 Å². The van der Waals surface area contributed by atoms with Crippen molar-refractivity contribution in [3.8, 4) is 0 Å². The van der Waals surface area contributed by atoms with Gasteiger partial charge in [-0.05, 0) is 75.0 Å². The number of nitrogens with zero attached hydrogens (tertiary/aromatic N) is 1. The summed E-state index contributed by atoms with van der Waals surface area (Å²) in [7, 11) is -1.33. The highest BCUT2D eigenvalue weighted by Gasteiger charge is 2.43. The molecule has 6 nitrogen and oxygen atoms in total. The van der Waals surface area contributed by atoms with Crippen molar-refractivity contribution in [3.63, 3.8) is 0 Å². The minimum atomic E-state index is -1.33. The van der Waals surface area contributed by atoms with Gasteiger partial charge in [-0.25, -0.2) is 0 Å². The maximum absolute atomic E-state index is 12.0. The van der Waals surface area contributed by atoms with Crippen LogP contribution in [-0.4, -0.2) is 51.8 Å². The average Bonchev–Trinajstić information content (AvgIpc) is 2.70. The lowest BCUT2D eigenvalue weighted by Gasteiger charge is -2.44. The molecule has 0 unspecified atom stereocenters. The van der Waals surface area contributed by atoms with Gasteiger partial charge in [-0.1, -0.05) is 37.1 Å². The number of hydrogen-bond acceptors (Lipinski definition) is 5. The van der Waals surface area contributed by atoms with Crippen LogP contribution in [0.15, 0.2) is 24.3 Å². The molecule has 3 rings (SSSR count). The molecule has 0 bridgehead atoms. The van der Waals surface area contributed by atoms with Crippen LogP contribution in [0.2, 0.25) is 6.32 Å². The van der Waals surface area contributed by atoms with E-state index in [4.69, 9.17) is 15.8 Å². The molecule has 0 spiro atoms. The van der Waals surface area contributed by atoms with Gasteiger partial charge in [-0.15, -0.1) is 0 Å². The van der Waals surface area contributed by atoms with E-state index in [1.165, 1.54) is 17.5 Å². The number of carboxylic acids is 1. The zero-order chi connectivity index (χ0) is 20.1. The van der Waals surface area contributed by atoms with Gasteiger partial charge in [0.15, 0.2) is 0 Å². The zero-order valence-electron chi connectivity index (χ0n) is 16.6. The third-order valence-corrected chi connectivity index (χ3v) is 6.74. The Labute approximate surface area is 167 Å². The SMILES string of the molecule is N[C@@](CCCCB(O)O)(C(=O)O)C1CCN([C@@H]2CCCc3ccccc32)CC1. The minimum Gasteiger partial charge on any atom is -0.480 e. The Morgan fingerprint density at radius 1 is 1.18 bits per heavy atom. The topological polar surface area (TPSA) is 107 Å². The van der Waals surface area contributed by atoms with Crippen molar-refractivity contribution in [2.45, 2.75) is 69.3 Å². The summed E-state index contributed by atoms with van der Waals surface area (Å²) in [6.45, 7) is 1.76. The molecule has 1 heterocycles. The second kappa shape index (κ2) is 9.40. The monoisotopic (exact) mass is 388 g/mol. The third-order valence-electron chi connectivity index (χ3n) is 6.74. The number of nitrogens with two attached hydrogens (primary N) is 1. The van der Waals surface area contributed by atoms with Crippen LogP contribution < -0.4 is 5.73 Å². The van der Waals surface area contributed by atoms with Gasteiger partial charge in [0, 0.05) is 6.04 Å². The molecule has 28 heavy (non-hydrogen) atoms. The maximum atomic E-state index is 12.0. The molecule has 2 aliphatic rings. The number of carboxylic acid groups (broad SMARTS) is 1. The fourth-order valence-electron chi connectivity index (χ4n) is 5.06. The Hall–Kier alpha value is -1.41. The molecular formula is C21H33BN2O4. The van der Waals surface area contributed by atoms with Crippen LogP contribution in [0.3, 0.4) is 0 Å². The summed E-state index contributed by atoms with van der Waals surface area (Å²) in [5.41, 5.74) is 8.05. The highest BCUT2D eigenvalue weighted by Crippen LogP contribution is 2.38. The number of hydrogen-bond donors (Lipinski definition) is 4. The van der Waals surface area contributed by atoms with Gasteiger partial charge >= 0.3 is 13.1 Å². The molecule has 1 saturated heterocycles. The van der Waals surface area contributed by atoms with Gasteiger partial charge in [-0.3, -0.25) is 9.69 Å². The number of carbonyl (C=O) groups is 1. The van der Waals surface area contributed by atoms with E-state index in [1.54, 1.807) is 0 Å². The van der Waals surface area contributed by atoms with Crippen LogP contribution in [0, 0.1) is 5.92 Å². The van der Waals surface area contributed by atoms with Crippen molar-refractivity contribution in [1.29, 1.82) is 0 Å². The molecule has 0 amide bonds. The Balaban J connectivity index is 1.59. The molecule has 7 heteroatoms. The van der Waals surface area contributed by atoms with Gasteiger partial charge < -0.3 is 20.9 Å². The van der Waals surface area contributed by atoms with Gasteiger partial charge in [0.25, 0.3) is 0 Å². The first kappa shape index (κ1) is 21.3. The van der Waals surface area contributed by atoms with Crippen molar-refractivity contribution in [3.05, 3.63) is 35.4 Å². The smallest absolute Gasteiger partial charge is 0.451 e. The van der Waals surface area contributed by atoms with Crippen LogP contribution in [0.5, 0.6) is 0 Å². The fraction of sp³-hybridized carbons (Fsp3) is 0.667. The Bertz CT molecular complexity index is 664. The molecule has 2 atom stereocenters. The quantitative estimate of drug-likeness (QED) is 0.402. The largest absolute Gasteiger partial charge is 0.480 e. The van der Waals surface area contributed by atoms with Crippen LogP contribution >= 0.6 is 0 Å². The minimum absolute atomic E-state index is 0.0425. The molecular weight excluding hydrogens is 355 g/mol.